The quantitative estimate of drug-likeness (QED) is 0.841. The lowest BCUT2D eigenvalue weighted by Gasteiger charge is -2.32. The number of rotatable bonds is 5. The summed E-state index contributed by atoms with van der Waals surface area (Å²) in [6.07, 6.45) is 0.987. The first-order valence-corrected chi connectivity index (χ1v) is 8.38. The zero-order valence-electron chi connectivity index (χ0n) is 14.7. The van der Waals surface area contributed by atoms with Gasteiger partial charge in [0.2, 0.25) is 11.8 Å². The van der Waals surface area contributed by atoms with Crippen LogP contribution in [0, 0.1) is 11.7 Å². The Morgan fingerprint density at radius 3 is 2.44 bits per heavy atom. The average Bonchev–Trinajstić information content (AvgIpc) is 2.56. The molecule has 3 amide bonds. The summed E-state index contributed by atoms with van der Waals surface area (Å²) < 4.78 is 13.0. The van der Waals surface area contributed by atoms with Crippen LogP contribution in [0.5, 0.6) is 0 Å². The molecule has 136 valence electrons. The van der Waals surface area contributed by atoms with E-state index in [1.54, 1.807) is 11.9 Å². The first kappa shape index (κ1) is 18.9. The normalized spacial score (nSPS) is 18.8. The van der Waals surface area contributed by atoms with Crippen molar-refractivity contribution in [2.24, 2.45) is 5.92 Å². The minimum atomic E-state index is -0.708. The largest absolute Gasteiger partial charge is 0.350 e. The van der Waals surface area contributed by atoms with Crippen molar-refractivity contribution in [3.8, 4) is 0 Å². The van der Waals surface area contributed by atoms with Crippen LogP contribution in [0.3, 0.4) is 0 Å². The van der Waals surface area contributed by atoms with E-state index >= 15 is 0 Å². The number of hydrogen-bond acceptors (Lipinski definition) is 3. The Morgan fingerprint density at radius 2 is 1.88 bits per heavy atom. The molecule has 1 aromatic carbocycles. The summed E-state index contributed by atoms with van der Waals surface area (Å²) in [7, 11) is 1.71. The minimum Gasteiger partial charge on any atom is -0.350 e. The van der Waals surface area contributed by atoms with Crippen molar-refractivity contribution in [3.63, 3.8) is 0 Å². The van der Waals surface area contributed by atoms with Crippen LogP contribution in [0.2, 0.25) is 0 Å². The minimum absolute atomic E-state index is 0.0653. The maximum absolute atomic E-state index is 13.0. The van der Waals surface area contributed by atoms with Crippen LogP contribution in [0.25, 0.3) is 0 Å². The van der Waals surface area contributed by atoms with E-state index in [0.29, 0.717) is 24.9 Å². The Bertz CT molecular complexity index is 645. The van der Waals surface area contributed by atoms with Gasteiger partial charge >= 0.3 is 0 Å². The van der Waals surface area contributed by atoms with Gasteiger partial charge in [-0.15, -0.1) is 0 Å². The summed E-state index contributed by atoms with van der Waals surface area (Å²) in [4.78, 5) is 38.0. The number of carbonyl (C=O) groups excluding carboxylic acids is 3. The lowest BCUT2D eigenvalue weighted by Crippen LogP contribution is -2.55. The molecule has 0 unspecified atom stereocenters. The summed E-state index contributed by atoms with van der Waals surface area (Å²) >= 11 is 0. The van der Waals surface area contributed by atoms with E-state index in [1.165, 1.54) is 24.3 Å². The van der Waals surface area contributed by atoms with E-state index in [2.05, 4.69) is 10.6 Å². The summed E-state index contributed by atoms with van der Waals surface area (Å²) in [5.74, 6) is -1.18. The van der Waals surface area contributed by atoms with Gasteiger partial charge in [-0.3, -0.25) is 14.4 Å². The Kier molecular flexibility index (Phi) is 6.12. The molecular formula is C18H24FN3O3. The zero-order valence-corrected chi connectivity index (χ0v) is 14.7. The first-order chi connectivity index (χ1) is 11.8. The van der Waals surface area contributed by atoms with Crippen LogP contribution in [0.4, 0.5) is 4.39 Å². The molecule has 1 fully saturated rings. The second-order valence-electron chi connectivity index (χ2n) is 6.72. The van der Waals surface area contributed by atoms with Gasteiger partial charge in [0, 0.05) is 31.6 Å². The van der Waals surface area contributed by atoms with Gasteiger partial charge in [-0.25, -0.2) is 4.39 Å². The fourth-order valence-electron chi connectivity index (χ4n) is 2.78. The van der Waals surface area contributed by atoms with Gasteiger partial charge < -0.3 is 15.5 Å². The number of halogens is 1. The van der Waals surface area contributed by atoms with Crippen molar-refractivity contribution in [1.82, 2.24) is 15.5 Å². The van der Waals surface area contributed by atoms with Crippen molar-refractivity contribution < 1.29 is 18.8 Å². The molecule has 0 radical (unpaired) electrons. The van der Waals surface area contributed by atoms with Crippen LogP contribution in [0.1, 0.15) is 37.0 Å². The zero-order chi connectivity index (χ0) is 18.6. The number of piperidine rings is 1. The molecule has 7 heteroatoms. The van der Waals surface area contributed by atoms with Crippen LogP contribution < -0.4 is 10.6 Å². The number of carbonyl (C=O) groups is 3. The predicted octanol–water partition coefficient (Wildman–Crippen LogP) is 1.32. The molecule has 0 spiro atoms. The molecule has 0 aliphatic carbocycles. The second kappa shape index (κ2) is 8.09. The number of benzene rings is 1. The number of nitrogens with zero attached hydrogens (tertiary/aromatic N) is 1. The molecule has 2 rings (SSSR count). The lowest BCUT2D eigenvalue weighted by atomic mass is 10.0. The van der Waals surface area contributed by atoms with Crippen LogP contribution in [-0.2, 0) is 9.59 Å². The van der Waals surface area contributed by atoms with Gasteiger partial charge in [0.15, 0.2) is 0 Å². The fraction of sp³-hybridized carbons (Fsp3) is 0.500. The highest BCUT2D eigenvalue weighted by Crippen LogP contribution is 2.12. The highest BCUT2D eigenvalue weighted by molar-refractivity contribution is 5.97. The molecule has 1 aliphatic heterocycles. The van der Waals surface area contributed by atoms with Gasteiger partial charge in [-0.2, -0.15) is 0 Å². The van der Waals surface area contributed by atoms with Crippen LogP contribution in [-0.4, -0.2) is 48.3 Å². The molecule has 1 aliphatic rings. The van der Waals surface area contributed by atoms with Gasteiger partial charge in [0.05, 0.1) is 0 Å². The number of nitrogens with one attached hydrogen (secondary N) is 2. The Hall–Kier alpha value is -2.44. The van der Waals surface area contributed by atoms with Crippen molar-refractivity contribution in [3.05, 3.63) is 35.6 Å². The van der Waals surface area contributed by atoms with E-state index in [9.17, 15) is 18.8 Å². The van der Waals surface area contributed by atoms with Gasteiger partial charge in [-0.1, -0.05) is 13.8 Å². The van der Waals surface area contributed by atoms with Crippen molar-refractivity contribution in [2.45, 2.75) is 38.8 Å². The lowest BCUT2D eigenvalue weighted by molar-refractivity contribution is -0.134. The van der Waals surface area contributed by atoms with Crippen LogP contribution >= 0.6 is 0 Å². The number of likely N-dealkylation sites (N-methyl/N-ethyl adjacent to an activating group) is 1. The molecule has 1 saturated heterocycles. The van der Waals surface area contributed by atoms with Crippen molar-refractivity contribution >= 4 is 17.7 Å². The molecule has 0 aromatic heterocycles. The first-order valence-electron chi connectivity index (χ1n) is 8.38. The Morgan fingerprint density at radius 1 is 1.24 bits per heavy atom. The molecule has 25 heavy (non-hydrogen) atoms. The van der Waals surface area contributed by atoms with Crippen molar-refractivity contribution in [1.29, 1.82) is 0 Å². The van der Waals surface area contributed by atoms with Gasteiger partial charge in [0.25, 0.3) is 5.91 Å². The summed E-state index contributed by atoms with van der Waals surface area (Å²) in [5.41, 5.74) is 0.294. The Labute approximate surface area is 146 Å². The van der Waals surface area contributed by atoms with E-state index in [0.717, 1.165) is 0 Å². The monoisotopic (exact) mass is 349 g/mol. The van der Waals surface area contributed by atoms with E-state index in [4.69, 9.17) is 0 Å². The molecule has 1 heterocycles. The summed E-state index contributed by atoms with van der Waals surface area (Å²) in [6, 6.07) is 4.32. The van der Waals surface area contributed by atoms with E-state index in [-0.39, 0.29) is 23.8 Å². The maximum Gasteiger partial charge on any atom is 0.251 e. The van der Waals surface area contributed by atoms with Gasteiger partial charge in [-0.05, 0) is 36.6 Å². The second-order valence-corrected chi connectivity index (χ2v) is 6.72. The maximum atomic E-state index is 13.0. The SMILES string of the molecule is CC(C)[C@H](NC(=O)c1ccc(F)cc1)C(=O)N[C@H]1CCC(=O)N(C)C1. The van der Waals surface area contributed by atoms with Crippen LogP contribution in [0.15, 0.2) is 24.3 Å². The number of hydrogen-bond donors (Lipinski definition) is 2. The Balaban J connectivity index is 1.99. The van der Waals surface area contributed by atoms with Crippen molar-refractivity contribution in [2.75, 3.05) is 13.6 Å². The average molecular weight is 349 g/mol. The molecule has 2 atom stereocenters. The molecule has 1 aromatic rings. The molecule has 0 bridgehead atoms. The smallest absolute Gasteiger partial charge is 0.251 e. The predicted molar refractivity (Wildman–Crippen MR) is 91.3 cm³/mol. The fourth-order valence-corrected chi connectivity index (χ4v) is 2.78. The third-order valence-electron chi connectivity index (χ3n) is 4.32. The van der Waals surface area contributed by atoms with E-state index in [1.807, 2.05) is 13.8 Å². The standard InChI is InChI=1S/C18H24FN3O3/c1-11(2)16(21-17(24)12-4-6-13(19)7-5-12)18(25)20-14-8-9-15(23)22(3)10-14/h4-7,11,14,16H,8-10H2,1-3H3,(H,20,25)(H,21,24)/t14-,16-/m0/s1. The summed E-state index contributed by atoms with van der Waals surface area (Å²) in [6.45, 7) is 4.14. The third kappa shape index (κ3) is 5.01. The summed E-state index contributed by atoms with van der Waals surface area (Å²) in [5, 5.41) is 5.62. The highest BCUT2D eigenvalue weighted by Gasteiger charge is 2.29. The van der Waals surface area contributed by atoms with E-state index < -0.39 is 17.8 Å². The molecule has 6 nitrogen and oxygen atoms in total. The molecule has 2 N–H and O–H groups in total. The highest BCUT2D eigenvalue weighted by atomic mass is 19.1. The van der Waals surface area contributed by atoms with Gasteiger partial charge in [0.1, 0.15) is 11.9 Å². The molecular weight excluding hydrogens is 325 g/mol. The number of amides is 3. The molecule has 0 saturated carbocycles. The third-order valence-corrected chi connectivity index (χ3v) is 4.32. The number of likely N-dealkylation sites (tertiary alicyclic amines) is 1. The topological polar surface area (TPSA) is 78.5 Å².